The summed E-state index contributed by atoms with van der Waals surface area (Å²) in [6.07, 6.45) is 3.75. The number of nitrogens with zero attached hydrogens (tertiary/aromatic N) is 1. The van der Waals surface area contributed by atoms with Gasteiger partial charge < -0.3 is 26.8 Å². The van der Waals surface area contributed by atoms with Gasteiger partial charge in [0.1, 0.15) is 0 Å². The molecule has 11 heteroatoms. The Kier molecular flexibility index (Phi) is 5.40. The van der Waals surface area contributed by atoms with Crippen LogP contribution >= 0.6 is 0 Å². The number of carbonyl (C=O) groups excluding carboxylic acids is 5. The van der Waals surface area contributed by atoms with Crippen molar-refractivity contribution in [1.29, 1.82) is 0 Å². The average Bonchev–Trinajstić information content (AvgIpc) is 2.77. The van der Waals surface area contributed by atoms with Gasteiger partial charge in [-0.15, -0.1) is 6.42 Å². The van der Waals surface area contributed by atoms with E-state index < -0.39 is 82.1 Å². The number of carbonyl (C=O) groups is 5. The van der Waals surface area contributed by atoms with Crippen molar-refractivity contribution in [2.45, 2.75) is 30.6 Å². The maximum Gasteiger partial charge on any atom is 0.235 e. The number of aromatic hydroxyl groups is 1. The minimum atomic E-state index is -3.05. The highest BCUT2D eigenvalue weighted by atomic mass is 16.3. The van der Waals surface area contributed by atoms with Gasteiger partial charge in [0, 0.05) is 5.92 Å². The quantitative estimate of drug-likeness (QED) is 0.135. The molecule has 0 radical (unpaired) electrons. The van der Waals surface area contributed by atoms with E-state index in [1.165, 1.54) is 25.1 Å². The number of hydrogen-bond donors (Lipinski definition) is 5. The van der Waals surface area contributed by atoms with E-state index in [1.54, 1.807) is 6.92 Å². The van der Waals surface area contributed by atoms with Gasteiger partial charge in [0.15, 0.2) is 40.4 Å². The van der Waals surface area contributed by atoms with Crippen molar-refractivity contribution >= 4 is 34.7 Å². The number of fused-ring (bicyclic) bond motifs is 3. The van der Waals surface area contributed by atoms with E-state index in [1.807, 2.05) is 0 Å². The van der Waals surface area contributed by atoms with Gasteiger partial charge in [-0.3, -0.25) is 28.9 Å². The Morgan fingerprint density at radius 1 is 1.20 bits per heavy atom. The van der Waals surface area contributed by atoms with Gasteiger partial charge in [-0.1, -0.05) is 12.8 Å². The molecule has 3 aliphatic rings. The van der Waals surface area contributed by atoms with E-state index in [4.69, 9.17) is 17.9 Å². The van der Waals surface area contributed by atoms with Gasteiger partial charge in [-0.2, -0.15) is 0 Å². The number of nitrogen functional groups attached to an aromatic ring is 1. The third-order valence-corrected chi connectivity index (χ3v) is 7.81. The molecule has 2 unspecified atom stereocenters. The zero-order valence-corrected chi connectivity index (χ0v) is 19.2. The van der Waals surface area contributed by atoms with Crippen molar-refractivity contribution in [2.24, 2.45) is 29.4 Å². The predicted molar refractivity (Wildman–Crippen MR) is 120 cm³/mol. The van der Waals surface area contributed by atoms with Gasteiger partial charge in [0.05, 0.1) is 40.8 Å². The monoisotopic (exact) mass is 483 g/mol. The number of anilines is 1. The Morgan fingerprint density at radius 2 is 1.80 bits per heavy atom. The molecule has 1 aromatic carbocycles. The molecule has 0 aromatic heterocycles. The van der Waals surface area contributed by atoms with E-state index in [0.29, 0.717) is 0 Å². The number of aliphatic hydroxyl groups is 2. The fourth-order valence-electron chi connectivity index (χ4n) is 6.19. The number of rotatable bonds is 2. The van der Waals surface area contributed by atoms with Crippen LogP contribution in [0.5, 0.6) is 5.75 Å². The van der Waals surface area contributed by atoms with Crippen LogP contribution in [-0.4, -0.2) is 81.1 Å². The number of Topliss-reactive ketones (excluding diaryl/α,β-unsaturated/α-hetero) is 4. The summed E-state index contributed by atoms with van der Waals surface area (Å²) in [5.74, 6) is -11.9. The van der Waals surface area contributed by atoms with Crippen molar-refractivity contribution in [3.8, 4) is 18.1 Å². The molecule has 0 heterocycles. The van der Waals surface area contributed by atoms with Crippen LogP contribution in [-0.2, 0) is 19.2 Å². The molecule has 0 aliphatic heterocycles. The molecule has 2 saturated carbocycles. The Labute approximate surface area is 200 Å². The second-order valence-electron chi connectivity index (χ2n) is 9.66. The first-order valence-corrected chi connectivity index (χ1v) is 10.9. The van der Waals surface area contributed by atoms with Crippen LogP contribution in [0.3, 0.4) is 0 Å². The number of ketones is 4. The van der Waals surface area contributed by atoms with E-state index in [-0.39, 0.29) is 22.4 Å². The highest BCUT2D eigenvalue weighted by molar-refractivity contribution is 6.32. The topological polar surface area (TPSA) is 201 Å². The Bertz CT molecular complexity index is 1260. The van der Waals surface area contributed by atoms with Crippen LogP contribution in [0.25, 0.3) is 0 Å². The lowest BCUT2D eigenvalue weighted by Gasteiger charge is -2.56. The van der Waals surface area contributed by atoms with Gasteiger partial charge >= 0.3 is 0 Å². The first-order valence-electron chi connectivity index (χ1n) is 10.9. The predicted octanol–water partition coefficient (Wildman–Crippen LogP) is -2.04. The molecular weight excluding hydrogens is 458 g/mol. The van der Waals surface area contributed by atoms with Crippen LogP contribution in [0, 0.1) is 36.0 Å². The molecule has 3 aliphatic carbocycles. The van der Waals surface area contributed by atoms with Crippen LogP contribution in [0.15, 0.2) is 6.07 Å². The van der Waals surface area contributed by atoms with E-state index >= 15 is 0 Å². The number of primary amides is 1. The van der Waals surface area contributed by atoms with Crippen LogP contribution < -0.4 is 11.5 Å². The lowest BCUT2D eigenvalue weighted by Crippen LogP contribution is -2.77. The molecule has 4 rings (SSSR count). The summed E-state index contributed by atoms with van der Waals surface area (Å²) in [7, 11) is 2.84. The molecule has 1 aromatic rings. The smallest absolute Gasteiger partial charge is 0.235 e. The SMILES string of the molecule is C#Cc1cc2c(c(O)c1N)C(=O)C1C(=O)[C@]3(O)C(=O)C(C(N)=O)C(=O)[C@@H](N(C)C)[C@@H]3[C@@H](O)[C@@H]1[C@H]2C. The molecule has 8 atom stereocenters. The molecule has 0 bridgehead atoms. The summed E-state index contributed by atoms with van der Waals surface area (Å²) in [6.45, 7) is 1.59. The van der Waals surface area contributed by atoms with Crippen molar-refractivity contribution in [3.63, 3.8) is 0 Å². The molecule has 2 fully saturated rings. The van der Waals surface area contributed by atoms with Crippen molar-refractivity contribution < 1.29 is 39.3 Å². The first kappa shape index (κ1) is 24.5. The summed E-state index contributed by atoms with van der Waals surface area (Å²) >= 11 is 0. The van der Waals surface area contributed by atoms with Crippen LogP contribution in [0.4, 0.5) is 5.69 Å². The first-order chi connectivity index (χ1) is 16.2. The molecule has 35 heavy (non-hydrogen) atoms. The van der Waals surface area contributed by atoms with Crippen molar-refractivity contribution in [2.75, 3.05) is 19.8 Å². The second kappa shape index (κ2) is 7.71. The zero-order valence-electron chi connectivity index (χ0n) is 19.2. The number of amides is 1. The van der Waals surface area contributed by atoms with E-state index in [9.17, 15) is 39.3 Å². The van der Waals surface area contributed by atoms with Crippen molar-refractivity contribution in [1.82, 2.24) is 4.90 Å². The van der Waals surface area contributed by atoms with Gasteiger partial charge in [-0.25, -0.2) is 0 Å². The maximum absolute atomic E-state index is 13.8. The minimum absolute atomic E-state index is 0.103. The van der Waals surface area contributed by atoms with Gasteiger partial charge in [-0.05, 0) is 31.6 Å². The fraction of sp³-hybridized carbons (Fsp3) is 0.458. The average molecular weight is 483 g/mol. The zero-order chi connectivity index (χ0) is 26.3. The third kappa shape index (κ3) is 2.87. The number of phenolic OH excluding ortho intramolecular Hbond substituents is 1. The van der Waals surface area contributed by atoms with Crippen LogP contribution in [0.1, 0.15) is 34.3 Å². The molecule has 0 saturated heterocycles. The van der Waals surface area contributed by atoms with Gasteiger partial charge in [0.25, 0.3) is 0 Å². The number of benzene rings is 1. The molecule has 1 amide bonds. The highest BCUT2D eigenvalue weighted by Gasteiger charge is 2.72. The summed E-state index contributed by atoms with van der Waals surface area (Å²) in [4.78, 5) is 67.0. The summed E-state index contributed by atoms with van der Waals surface area (Å²) in [5, 5.41) is 33.7. The lowest BCUT2D eigenvalue weighted by atomic mass is 9.49. The highest BCUT2D eigenvalue weighted by Crippen LogP contribution is 2.55. The lowest BCUT2D eigenvalue weighted by molar-refractivity contribution is -0.196. The fourth-order valence-corrected chi connectivity index (χ4v) is 6.19. The Balaban J connectivity index is 1.99. The number of nitrogens with two attached hydrogens (primary N) is 2. The van der Waals surface area contributed by atoms with Crippen LogP contribution in [0.2, 0.25) is 0 Å². The van der Waals surface area contributed by atoms with Gasteiger partial charge in [0.2, 0.25) is 5.91 Å². The number of terminal acetylenes is 1. The molecule has 184 valence electrons. The number of aliphatic hydroxyl groups excluding tert-OH is 1. The van der Waals surface area contributed by atoms with Crippen molar-refractivity contribution in [3.05, 3.63) is 22.8 Å². The molecule has 11 nitrogen and oxygen atoms in total. The molecule has 0 spiro atoms. The summed E-state index contributed by atoms with van der Waals surface area (Å²) in [5.41, 5.74) is 7.85. The standard InChI is InChI=1S/C24H25N3O8/c1-5-8-6-9-7(2)10-12(17(28)11(9)19(30)15(8)25)21(32)24(35)14(18(10)29)16(27(3)4)20(31)13(22(24)33)23(26)34/h1,6-7,10,12-14,16,18,29-30,35H,25H2,2-4H3,(H2,26,34)/t7-,10+,12?,13?,14+,16-,18-,24-/m0/s1. The minimum Gasteiger partial charge on any atom is -0.505 e. The second-order valence-corrected chi connectivity index (χ2v) is 9.66. The summed E-state index contributed by atoms with van der Waals surface area (Å²) < 4.78 is 0. The Hall–Kier alpha value is -3.59. The number of hydrogen-bond acceptors (Lipinski definition) is 10. The Morgan fingerprint density at radius 3 is 2.31 bits per heavy atom. The normalized spacial score (nSPS) is 36.3. The summed E-state index contributed by atoms with van der Waals surface area (Å²) in [6, 6.07) is -0.0230. The third-order valence-electron chi connectivity index (χ3n) is 7.81. The molecule has 7 N–H and O–H groups in total. The molecular formula is C24H25N3O8. The maximum atomic E-state index is 13.8. The van der Waals surface area contributed by atoms with E-state index in [2.05, 4.69) is 5.92 Å². The number of phenols is 1. The van der Waals surface area contributed by atoms with E-state index in [0.717, 1.165) is 0 Å². The largest absolute Gasteiger partial charge is 0.505 e. The number of likely N-dealkylation sites (N-methyl/N-ethyl adjacent to an activating group) is 1.